The third-order valence-electron chi connectivity index (χ3n) is 1.64. The average Bonchev–Trinajstić information content (AvgIpc) is 2.01. The van der Waals surface area contributed by atoms with Crippen LogP contribution in [0.5, 0.6) is 0 Å². The summed E-state index contributed by atoms with van der Waals surface area (Å²) in [7, 11) is 1.33. The van der Waals surface area contributed by atoms with Gasteiger partial charge in [-0.1, -0.05) is 0 Å². The summed E-state index contributed by atoms with van der Waals surface area (Å²) in [4.78, 5) is 9.88. The van der Waals surface area contributed by atoms with E-state index in [9.17, 15) is 14.5 Å². The quantitative estimate of drug-likeness (QED) is 0.593. The zero-order chi connectivity index (χ0) is 10.7. The molecule has 0 saturated heterocycles. The van der Waals surface area contributed by atoms with Crippen LogP contribution in [0.25, 0.3) is 0 Å². The minimum absolute atomic E-state index is 0.0892. The summed E-state index contributed by atoms with van der Waals surface area (Å²) in [6.07, 6.45) is 0. The van der Waals surface area contributed by atoms with E-state index in [1.54, 1.807) is 0 Å². The van der Waals surface area contributed by atoms with Crippen molar-refractivity contribution in [1.29, 1.82) is 0 Å². The second-order valence-electron chi connectivity index (χ2n) is 2.85. The Morgan fingerprint density at radius 3 is 2.79 bits per heavy atom. The number of hydrogen-bond donors (Lipinski definition) is 1. The number of hydroxylamine groups is 2. The maximum Gasteiger partial charge on any atom is 0.274 e. The molecule has 0 aliphatic heterocycles. The van der Waals surface area contributed by atoms with Crippen molar-refractivity contribution >= 4 is 5.69 Å². The highest BCUT2D eigenvalue weighted by atomic mass is 19.1. The molecule has 0 aliphatic rings. The van der Waals surface area contributed by atoms with Gasteiger partial charge in [-0.2, -0.15) is 5.06 Å². The Morgan fingerprint density at radius 1 is 1.64 bits per heavy atom. The van der Waals surface area contributed by atoms with E-state index in [1.165, 1.54) is 7.05 Å². The highest BCUT2D eigenvalue weighted by Crippen LogP contribution is 2.20. The second kappa shape index (κ2) is 4.12. The van der Waals surface area contributed by atoms with Gasteiger partial charge in [0, 0.05) is 18.7 Å². The molecule has 0 aliphatic carbocycles. The molecule has 1 aromatic carbocycles. The average molecular weight is 200 g/mol. The van der Waals surface area contributed by atoms with Gasteiger partial charge in [0.2, 0.25) is 0 Å². The second-order valence-corrected chi connectivity index (χ2v) is 2.85. The Hall–Kier alpha value is -1.53. The third-order valence-corrected chi connectivity index (χ3v) is 1.64. The molecule has 0 aromatic heterocycles. The van der Waals surface area contributed by atoms with Crippen LogP contribution in [0, 0.1) is 15.9 Å². The van der Waals surface area contributed by atoms with E-state index >= 15 is 0 Å². The van der Waals surface area contributed by atoms with Crippen molar-refractivity contribution < 1.29 is 14.5 Å². The number of benzene rings is 1. The Morgan fingerprint density at radius 2 is 2.29 bits per heavy atom. The zero-order valence-corrected chi connectivity index (χ0v) is 7.48. The highest BCUT2D eigenvalue weighted by molar-refractivity contribution is 5.40. The summed E-state index contributed by atoms with van der Waals surface area (Å²) >= 11 is 0. The van der Waals surface area contributed by atoms with E-state index in [2.05, 4.69) is 0 Å². The van der Waals surface area contributed by atoms with Crippen molar-refractivity contribution in [2.45, 2.75) is 6.54 Å². The fourth-order valence-electron chi connectivity index (χ4n) is 1.11. The van der Waals surface area contributed by atoms with Gasteiger partial charge in [-0.3, -0.25) is 10.1 Å². The Labute approximate surface area is 79.5 Å². The minimum Gasteiger partial charge on any atom is -0.314 e. The highest BCUT2D eigenvalue weighted by Gasteiger charge is 2.14. The van der Waals surface area contributed by atoms with Crippen LogP contribution in [-0.4, -0.2) is 22.2 Å². The summed E-state index contributed by atoms with van der Waals surface area (Å²) < 4.78 is 12.7. The Kier molecular flexibility index (Phi) is 3.10. The van der Waals surface area contributed by atoms with Crippen LogP contribution in [0.15, 0.2) is 18.2 Å². The molecule has 0 radical (unpaired) electrons. The first-order chi connectivity index (χ1) is 6.50. The molecule has 76 valence electrons. The number of nitrogens with zero attached hydrogens (tertiary/aromatic N) is 2. The van der Waals surface area contributed by atoms with Crippen LogP contribution >= 0.6 is 0 Å². The fourth-order valence-corrected chi connectivity index (χ4v) is 1.11. The summed E-state index contributed by atoms with van der Waals surface area (Å²) in [5, 5.41) is 20.1. The number of nitro groups is 1. The zero-order valence-electron chi connectivity index (χ0n) is 7.48. The van der Waals surface area contributed by atoms with Crippen LogP contribution in [0.1, 0.15) is 5.56 Å². The van der Waals surface area contributed by atoms with E-state index < -0.39 is 10.7 Å². The van der Waals surface area contributed by atoms with Crippen molar-refractivity contribution in [2.24, 2.45) is 0 Å². The fraction of sp³-hybridized carbons (Fsp3) is 0.250. The van der Waals surface area contributed by atoms with Gasteiger partial charge in [-0.25, -0.2) is 4.39 Å². The summed E-state index contributed by atoms with van der Waals surface area (Å²) in [6.45, 7) is -0.0892. The molecule has 6 heteroatoms. The van der Waals surface area contributed by atoms with Crippen molar-refractivity contribution in [2.75, 3.05) is 7.05 Å². The van der Waals surface area contributed by atoms with Gasteiger partial charge >= 0.3 is 0 Å². The van der Waals surface area contributed by atoms with Gasteiger partial charge < -0.3 is 5.21 Å². The van der Waals surface area contributed by atoms with Gasteiger partial charge in [0.15, 0.2) is 0 Å². The van der Waals surface area contributed by atoms with Gasteiger partial charge in [-0.05, 0) is 12.1 Å². The summed E-state index contributed by atoms with van der Waals surface area (Å²) in [5.41, 5.74) is -0.0627. The molecule has 0 spiro atoms. The Balaban J connectivity index is 3.09. The number of hydrogen-bond acceptors (Lipinski definition) is 4. The molecule has 0 fully saturated rings. The molecule has 0 atom stereocenters. The lowest BCUT2D eigenvalue weighted by atomic mass is 10.2. The molecule has 0 bridgehead atoms. The lowest BCUT2D eigenvalue weighted by Crippen LogP contribution is -2.13. The molecule has 1 aromatic rings. The third kappa shape index (κ3) is 2.48. The molecule has 1 rings (SSSR count). The SMILES string of the molecule is CN(O)Cc1cc(F)ccc1[N+](=O)[O-]. The largest absolute Gasteiger partial charge is 0.314 e. The predicted molar refractivity (Wildman–Crippen MR) is 46.3 cm³/mol. The number of nitro benzene ring substituents is 1. The van der Waals surface area contributed by atoms with Crippen LogP contribution in [0.3, 0.4) is 0 Å². The van der Waals surface area contributed by atoms with E-state index in [0.717, 1.165) is 23.3 Å². The number of rotatable bonds is 3. The van der Waals surface area contributed by atoms with Crippen molar-refractivity contribution in [1.82, 2.24) is 5.06 Å². The maximum atomic E-state index is 12.7. The standard InChI is InChI=1S/C8H9FN2O3/c1-10(12)5-6-4-7(9)2-3-8(6)11(13)14/h2-4,12H,5H2,1H3. The van der Waals surface area contributed by atoms with Crippen molar-refractivity contribution in [3.8, 4) is 0 Å². The van der Waals surface area contributed by atoms with Crippen LogP contribution in [0.2, 0.25) is 0 Å². The molecule has 5 nitrogen and oxygen atoms in total. The molecule has 0 amide bonds. The predicted octanol–water partition coefficient (Wildman–Crippen LogP) is 1.55. The monoisotopic (exact) mass is 200 g/mol. The van der Waals surface area contributed by atoms with Gasteiger partial charge in [0.1, 0.15) is 5.82 Å². The molecule has 0 heterocycles. The van der Waals surface area contributed by atoms with Gasteiger partial charge in [0.05, 0.1) is 11.5 Å². The summed E-state index contributed by atoms with van der Waals surface area (Å²) in [5.74, 6) is -0.563. The molecule has 14 heavy (non-hydrogen) atoms. The van der Waals surface area contributed by atoms with Crippen LogP contribution in [0.4, 0.5) is 10.1 Å². The lowest BCUT2D eigenvalue weighted by Gasteiger charge is -2.08. The van der Waals surface area contributed by atoms with E-state index in [0.29, 0.717) is 0 Å². The molecular weight excluding hydrogens is 191 g/mol. The van der Waals surface area contributed by atoms with Crippen molar-refractivity contribution in [3.63, 3.8) is 0 Å². The first-order valence-corrected chi connectivity index (χ1v) is 3.83. The topological polar surface area (TPSA) is 66.6 Å². The van der Waals surface area contributed by atoms with Crippen LogP contribution in [-0.2, 0) is 6.54 Å². The summed E-state index contributed by atoms with van der Waals surface area (Å²) in [6, 6.07) is 3.12. The smallest absolute Gasteiger partial charge is 0.274 e. The van der Waals surface area contributed by atoms with E-state index in [1.807, 2.05) is 0 Å². The van der Waals surface area contributed by atoms with E-state index in [4.69, 9.17) is 5.21 Å². The van der Waals surface area contributed by atoms with Crippen molar-refractivity contribution in [3.05, 3.63) is 39.7 Å². The number of halogens is 1. The van der Waals surface area contributed by atoms with Gasteiger partial charge in [-0.15, -0.1) is 0 Å². The first kappa shape index (κ1) is 10.6. The van der Waals surface area contributed by atoms with Crippen LogP contribution < -0.4 is 0 Å². The Bertz CT molecular complexity index is 354. The maximum absolute atomic E-state index is 12.7. The normalized spacial score (nSPS) is 10.6. The molecular formula is C8H9FN2O3. The van der Waals surface area contributed by atoms with Gasteiger partial charge in [0.25, 0.3) is 5.69 Å². The minimum atomic E-state index is -0.613. The molecule has 0 saturated carbocycles. The molecule has 0 unspecified atom stereocenters. The first-order valence-electron chi connectivity index (χ1n) is 3.83. The lowest BCUT2D eigenvalue weighted by molar-refractivity contribution is -0.386. The molecule has 1 N–H and O–H groups in total. The van der Waals surface area contributed by atoms with E-state index in [-0.39, 0.29) is 17.8 Å².